The number of rotatable bonds is 4. The molecule has 0 unspecified atom stereocenters. The largest absolute Gasteiger partial charge is 0.507 e. The Kier molecular flexibility index (Phi) is 5.72. The highest BCUT2D eigenvalue weighted by Gasteiger charge is 2.18. The number of hydrogen-bond acceptors (Lipinski definition) is 5. The smallest absolute Gasteiger partial charge is 0.133 e. The molecule has 0 bridgehead atoms. The van der Waals surface area contributed by atoms with Crippen LogP contribution in [0.1, 0.15) is 11.1 Å². The van der Waals surface area contributed by atoms with E-state index >= 15 is 0 Å². The van der Waals surface area contributed by atoms with Crippen LogP contribution in [0.4, 0.5) is 0 Å². The zero-order chi connectivity index (χ0) is 22.7. The summed E-state index contributed by atoms with van der Waals surface area (Å²) in [6.45, 7) is 0. The molecule has 6 heteroatoms. The standard InChI is InChI=1S/C26H16N2O3S/c27-15-19-13-17(9-11-23(19)29)21-5-1-3-7-25(21)32(31)26-8-4-2-6-22(26)18-10-12-24(30)20(14-18)16-28/h1-14,29-30H. The summed E-state index contributed by atoms with van der Waals surface area (Å²) in [4.78, 5) is 1.10. The third-order valence-corrected chi connectivity index (χ3v) is 6.54. The maximum atomic E-state index is 13.8. The minimum atomic E-state index is -1.59. The fourth-order valence-electron chi connectivity index (χ4n) is 3.44. The van der Waals surface area contributed by atoms with Crippen molar-refractivity contribution in [1.29, 1.82) is 10.5 Å². The normalized spacial score (nSPS) is 10.5. The lowest BCUT2D eigenvalue weighted by molar-refractivity contribution is 0.473. The van der Waals surface area contributed by atoms with E-state index in [0.29, 0.717) is 32.0 Å². The molecule has 0 spiro atoms. The van der Waals surface area contributed by atoms with Gasteiger partial charge in [0.2, 0.25) is 0 Å². The van der Waals surface area contributed by atoms with Crippen molar-refractivity contribution < 1.29 is 14.4 Å². The van der Waals surface area contributed by atoms with Crippen LogP contribution in [0.25, 0.3) is 22.3 Å². The van der Waals surface area contributed by atoms with Crippen LogP contribution >= 0.6 is 0 Å². The average Bonchev–Trinajstić information content (AvgIpc) is 2.84. The van der Waals surface area contributed by atoms with E-state index in [9.17, 15) is 24.9 Å². The van der Waals surface area contributed by atoms with Crippen molar-refractivity contribution in [2.45, 2.75) is 9.79 Å². The summed E-state index contributed by atoms with van der Waals surface area (Å²) in [6.07, 6.45) is 0. The Balaban J connectivity index is 1.85. The lowest BCUT2D eigenvalue weighted by Crippen LogP contribution is -1.99. The van der Waals surface area contributed by atoms with Gasteiger partial charge in [-0.05, 0) is 58.7 Å². The minimum Gasteiger partial charge on any atom is -0.507 e. The van der Waals surface area contributed by atoms with E-state index in [1.165, 1.54) is 12.1 Å². The third kappa shape index (κ3) is 3.83. The highest BCUT2D eigenvalue weighted by Crippen LogP contribution is 2.35. The van der Waals surface area contributed by atoms with E-state index in [-0.39, 0.29) is 22.6 Å². The molecule has 154 valence electrons. The molecule has 4 aromatic carbocycles. The molecule has 0 aromatic heterocycles. The van der Waals surface area contributed by atoms with Crippen LogP contribution in [0.15, 0.2) is 94.7 Å². The molecule has 4 aromatic rings. The van der Waals surface area contributed by atoms with Crippen molar-refractivity contribution in [2.24, 2.45) is 0 Å². The van der Waals surface area contributed by atoms with Crippen LogP contribution in [0.2, 0.25) is 0 Å². The van der Waals surface area contributed by atoms with Crippen molar-refractivity contribution >= 4 is 10.8 Å². The van der Waals surface area contributed by atoms with Gasteiger partial charge in [-0.2, -0.15) is 10.5 Å². The summed E-state index contributed by atoms with van der Waals surface area (Å²) in [6, 6.07) is 27.7. The van der Waals surface area contributed by atoms with E-state index in [0.717, 1.165) is 0 Å². The predicted molar refractivity (Wildman–Crippen MR) is 121 cm³/mol. The summed E-state index contributed by atoms with van der Waals surface area (Å²) < 4.78 is 13.8. The summed E-state index contributed by atoms with van der Waals surface area (Å²) in [5, 5.41) is 38.2. The molecule has 0 saturated heterocycles. The number of benzene rings is 4. The van der Waals surface area contributed by atoms with E-state index < -0.39 is 10.8 Å². The maximum absolute atomic E-state index is 13.8. The molecule has 0 radical (unpaired) electrons. The van der Waals surface area contributed by atoms with E-state index in [1.54, 1.807) is 48.5 Å². The third-order valence-electron chi connectivity index (χ3n) is 5.03. The van der Waals surface area contributed by atoms with Gasteiger partial charge >= 0.3 is 0 Å². The van der Waals surface area contributed by atoms with Gasteiger partial charge < -0.3 is 10.2 Å². The van der Waals surface area contributed by atoms with Crippen molar-refractivity contribution in [3.05, 3.63) is 96.1 Å². The van der Waals surface area contributed by atoms with Crippen LogP contribution in [0, 0.1) is 22.7 Å². The average molecular weight is 436 g/mol. The van der Waals surface area contributed by atoms with Crippen LogP contribution in [0.3, 0.4) is 0 Å². The van der Waals surface area contributed by atoms with Gasteiger partial charge in [0, 0.05) is 0 Å². The molecule has 0 atom stereocenters. The lowest BCUT2D eigenvalue weighted by Gasteiger charge is -2.14. The Morgan fingerprint density at radius 3 is 1.44 bits per heavy atom. The van der Waals surface area contributed by atoms with Crippen molar-refractivity contribution in [3.63, 3.8) is 0 Å². The van der Waals surface area contributed by atoms with E-state index in [1.807, 2.05) is 36.4 Å². The summed E-state index contributed by atoms with van der Waals surface area (Å²) >= 11 is 0. The second kappa shape index (κ2) is 8.77. The van der Waals surface area contributed by atoms with Crippen LogP contribution in [-0.4, -0.2) is 14.4 Å². The Morgan fingerprint density at radius 2 is 1.03 bits per heavy atom. The van der Waals surface area contributed by atoms with Gasteiger partial charge in [0.15, 0.2) is 0 Å². The molecule has 0 aliphatic carbocycles. The summed E-state index contributed by atoms with van der Waals surface area (Å²) in [5.41, 5.74) is 2.96. The predicted octanol–water partition coefficient (Wildman–Crippen LogP) is 5.34. The number of phenols is 2. The quantitative estimate of drug-likeness (QED) is 0.449. The fraction of sp³-hybridized carbons (Fsp3) is 0. The van der Waals surface area contributed by atoms with Gasteiger partial charge in [-0.1, -0.05) is 48.5 Å². The highest BCUT2D eigenvalue weighted by molar-refractivity contribution is 7.85. The first-order valence-corrected chi connectivity index (χ1v) is 10.7. The Labute approximate surface area is 187 Å². The maximum Gasteiger partial charge on any atom is 0.133 e. The van der Waals surface area contributed by atoms with Gasteiger partial charge in [0.05, 0.1) is 31.7 Å². The molecule has 0 saturated carbocycles. The van der Waals surface area contributed by atoms with Crippen molar-refractivity contribution in [1.82, 2.24) is 0 Å². The fourth-order valence-corrected chi connectivity index (χ4v) is 4.85. The van der Waals surface area contributed by atoms with Gasteiger partial charge in [-0.25, -0.2) is 4.21 Å². The molecule has 0 aliphatic rings. The number of nitriles is 2. The van der Waals surface area contributed by atoms with E-state index in [4.69, 9.17) is 0 Å². The molecule has 5 nitrogen and oxygen atoms in total. The SMILES string of the molecule is N#Cc1cc(-c2ccccc2S(=O)c2ccccc2-c2ccc(O)c(C#N)c2)ccc1O. The summed E-state index contributed by atoms with van der Waals surface area (Å²) in [5.74, 6) is -0.221. The first kappa shape index (κ1) is 20.9. The first-order valence-electron chi connectivity index (χ1n) is 9.60. The highest BCUT2D eigenvalue weighted by atomic mass is 32.2. The van der Waals surface area contributed by atoms with Gasteiger partial charge in [0.25, 0.3) is 0 Å². The molecule has 0 amide bonds. The second-order valence-electron chi connectivity index (χ2n) is 6.95. The van der Waals surface area contributed by atoms with Gasteiger partial charge in [-0.3, -0.25) is 0 Å². The van der Waals surface area contributed by atoms with Gasteiger partial charge in [-0.15, -0.1) is 0 Å². The zero-order valence-corrected chi connectivity index (χ0v) is 17.5. The van der Waals surface area contributed by atoms with Crippen LogP contribution in [0.5, 0.6) is 11.5 Å². The number of hydrogen-bond donors (Lipinski definition) is 2. The minimum absolute atomic E-state index is 0.110. The number of nitrogens with zero attached hydrogens (tertiary/aromatic N) is 2. The Hall–Kier alpha value is -4.39. The molecule has 0 heterocycles. The van der Waals surface area contributed by atoms with Crippen LogP contribution < -0.4 is 0 Å². The first-order chi connectivity index (χ1) is 15.5. The molecule has 4 rings (SSSR count). The van der Waals surface area contributed by atoms with Crippen LogP contribution in [-0.2, 0) is 10.8 Å². The molecule has 2 N–H and O–H groups in total. The Bertz CT molecular complexity index is 1340. The summed E-state index contributed by atoms with van der Waals surface area (Å²) in [7, 11) is -1.59. The second-order valence-corrected chi connectivity index (χ2v) is 8.37. The monoisotopic (exact) mass is 436 g/mol. The molecule has 0 aliphatic heterocycles. The lowest BCUT2D eigenvalue weighted by atomic mass is 10.0. The van der Waals surface area contributed by atoms with Crippen molar-refractivity contribution in [2.75, 3.05) is 0 Å². The number of phenolic OH excluding ortho intramolecular Hbond substituents is 2. The molecule has 32 heavy (non-hydrogen) atoms. The molecule has 0 fully saturated rings. The number of aromatic hydroxyl groups is 2. The molecular weight excluding hydrogens is 420 g/mol. The topological polar surface area (TPSA) is 105 Å². The zero-order valence-electron chi connectivity index (χ0n) is 16.7. The Morgan fingerprint density at radius 1 is 0.625 bits per heavy atom. The molecular formula is C26H16N2O3S. The van der Waals surface area contributed by atoms with Crippen molar-refractivity contribution in [3.8, 4) is 45.9 Å². The van der Waals surface area contributed by atoms with E-state index in [2.05, 4.69) is 0 Å². The van der Waals surface area contributed by atoms with Gasteiger partial charge in [0.1, 0.15) is 23.6 Å².